The Morgan fingerprint density at radius 3 is 3.22 bits per heavy atom. The zero-order valence-corrected chi connectivity index (χ0v) is 10.9. The van der Waals surface area contributed by atoms with Crippen LogP contribution in [0.1, 0.15) is 43.4 Å². The first-order valence-electron chi connectivity index (χ1n) is 6.96. The highest BCUT2D eigenvalue weighted by atomic mass is 16.1. The van der Waals surface area contributed by atoms with E-state index in [1.54, 1.807) is 0 Å². The van der Waals surface area contributed by atoms with Gasteiger partial charge in [0.25, 0.3) is 0 Å². The van der Waals surface area contributed by atoms with Crippen molar-refractivity contribution in [1.82, 2.24) is 10.3 Å². The Bertz CT molecular complexity index is 463. The van der Waals surface area contributed by atoms with E-state index in [2.05, 4.69) is 23.3 Å². The molecule has 0 spiro atoms. The van der Waals surface area contributed by atoms with Gasteiger partial charge in [0, 0.05) is 18.2 Å². The minimum Gasteiger partial charge on any atom is -0.316 e. The number of rotatable bonds is 3. The van der Waals surface area contributed by atoms with Crippen LogP contribution in [-0.2, 0) is 11.2 Å². The number of nitrogens with zero attached hydrogens (tertiary/aromatic N) is 1. The summed E-state index contributed by atoms with van der Waals surface area (Å²) < 4.78 is 0. The molecular weight excluding hydrogens is 224 g/mol. The van der Waals surface area contributed by atoms with Crippen molar-refractivity contribution in [2.75, 3.05) is 13.1 Å². The highest BCUT2D eigenvalue weighted by Gasteiger charge is 2.44. The standard InChI is InChI=1S/C15H20N2O/c1-2-15(7-9-16-10-15)14(18)12-6-5-11-4-3-8-17-13(11)12/h3-4,8,12,16H,2,5-7,9-10H2,1H3. The Hall–Kier alpha value is -1.22. The third-order valence-electron chi connectivity index (χ3n) is 4.72. The molecule has 2 aliphatic rings. The van der Waals surface area contributed by atoms with E-state index in [4.69, 9.17) is 0 Å². The largest absolute Gasteiger partial charge is 0.316 e. The first-order chi connectivity index (χ1) is 8.77. The molecule has 3 heteroatoms. The molecule has 1 saturated heterocycles. The lowest BCUT2D eigenvalue weighted by Gasteiger charge is -2.28. The van der Waals surface area contributed by atoms with Crippen LogP contribution >= 0.6 is 0 Å². The van der Waals surface area contributed by atoms with Gasteiger partial charge in [-0.3, -0.25) is 9.78 Å². The van der Waals surface area contributed by atoms with Gasteiger partial charge in [0.1, 0.15) is 5.78 Å². The predicted molar refractivity (Wildman–Crippen MR) is 70.5 cm³/mol. The van der Waals surface area contributed by atoms with Crippen molar-refractivity contribution in [2.45, 2.75) is 38.5 Å². The minimum absolute atomic E-state index is 0.0426. The molecule has 1 aliphatic heterocycles. The summed E-state index contributed by atoms with van der Waals surface area (Å²) in [6, 6.07) is 4.08. The maximum absolute atomic E-state index is 12.9. The van der Waals surface area contributed by atoms with Crippen molar-refractivity contribution in [3.8, 4) is 0 Å². The van der Waals surface area contributed by atoms with Crippen LogP contribution in [0.5, 0.6) is 0 Å². The number of hydrogen-bond acceptors (Lipinski definition) is 3. The zero-order valence-electron chi connectivity index (χ0n) is 10.9. The van der Waals surface area contributed by atoms with Gasteiger partial charge in [-0.2, -0.15) is 0 Å². The van der Waals surface area contributed by atoms with Crippen LogP contribution in [0.25, 0.3) is 0 Å². The number of pyridine rings is 1. The van der Waals surface area contributed by atoms with Gasteiger partial charge in [0.2, 0.25) is 0 Å². The highest BCUT2D eigenvalue weighted by molar-refractivity contribution is 5.92. The molecule has 2 unspecified atom stereocenters. The number of fused-ring (bicyclic) bond motifs is 1. The summed E-state index contributed by atoms with van der Waals surface area (Å²) in [5.41, 5.74) is 2.18. The van der Waals surface area contributed by atoms with Crippen LogP contribution in [0, 0.1) is 5.41 Å². The summed E-state index contributed by atoms with van der Waals surface area (Å²) in [7, 11) is 0. The first kappa shape index (κ1) is 11.8. The molecule has 96 valence electrons. The molecule has 1 aromatic heterocycles. The highest BCUT2D eigenvalue weighted by Crippen LogP contribution is 2.41. The molecule has 2 heterocycles. The molecule has 1 aliphatic carbocycles. The summed E-state index contributed by atoms with van der Waals surface area (Å²) >= 11 is 0. The Kier molecular flexibility index (Phi) is 2.94. The third-order valence-corrected chi connectivity index (χ3v) is 4.72. The maximum atomic E-state index is 12.9. The molecule has 3 nitrogen and oxygen atoms in total. The summed E-state index contributed by atoms with van der Waals surface area (Å²) in [4.78, 5) is 17.3. The Labute approximate surface area is 108 Å². The average Bonchev–Trinajstić information content (AvgIpc) is 3.05. The van der Waals surface area contributed by atoms with Crippen LogP contribution in [0.15, 0.2) is 18.3 Å². The number of Topliss-reactive ketones (excluding diaryl/α,β-unsaturated/α-hetero) is 1. The van der Waals surface area contributed by atoms with Crippen LogP contribution in [0.2, 0.25) is 0 Å². The second-order valence-corrected chi connectivity index (χ2v) is 5.56. The number of aromatic nitrogens is 1. The molecule has 0 aromatic carbocycles. The number of hydrogen-bond donors (Lipinski definition) is 1. The second-order valence-electron chi connectivity index (χ2n) is 5.56. The van der Waals surface area contributed by atoms with Crippen LogP contribution in [-0.4, -0.2) is 23.9 Å². The summed E-state index contributed by atoms with van der Waals surface area (Å²) in [6.45, 7) is 3.96. The van der Waals surface area contributed by atoms with E-state index in [0.29, 0.717) is 5.78 Å². The van der Waals surface area contributed by atoms with Crippen LogP contribution in [0.4, 0.5) is 0 Å². The molecule has 0 saturated carbocycles. The van der Waals surface area contributed by atoms with Crippen molar-refractivity contribution in [2.24, 2.45) is 5.41 Å². The molecule has 0 bridgehead atoms. The lowest BCUT2D eigenvalue weighted by atomic mass is 9.74. The van der Waals surface area contributed by atoms with E-state index < -0.39 is 0 Å². The van der Waals surface area contributed by atoms with E-state index >= 15 is 0 Å². The number of carbonyl (C=O) groups excluding carboxylic acids is 1. The van der Waals surface area contributed by atoms with E-state index in [9.17, 15) is 4.79 Å². The van der Waals surface area contributed by atoms with Crippen LogP contribution < -0.4 is 5.32 Å². The molecule has 2 atom stereocenters. The Morgan fingerprint density at radius 2 is 2.50 bits per heavy atom. The van der Waals surface area contributed by atoms with Gasteiger partial charge in [-0.15, -0.1) is 0 Å². The molecule has 0 amide bonds. The number of nitrogens with one attached hydrogen (secondary N) is 1. The van der Waals surface area contributed by atoms with E-state index in [-0.39, 0.29) is 11.3 Å². The van der Waals surface area contributed by atoms with Gasteiger partial charge in [-0.25, -0.2) is 0 Å². The Morgan fingerprint density at radius 1 is 1.61 bits per heavy atom. The molecule has 18 heavy (non-hydrogen) atoms. The van der Waals surface area contributed by atoms with Crippen molar-refractivity contribution in [3.63, 3.8) is 0 Å². The zero-order chi connectivity index (χ0) is 12.6. The fraction of sp³-hybridized carbons (Fsp3) is 0.600. The third kappa shape index (κ3) is 1.69. The molecule has 0 radical (unpaired) electrons. The quantitative estimate of drug-likeness (QED) is 0.885. The maximum Gasteiger partial charge on any atom is 0.149 e. The minimum atomic E-state index is -0.135. The van der Waals surface area contributed by atoms with Crippen LogP contribution in [0.3, 0.4) is 0 Å². The average molecular weight is 244 g/mol. The van der Waals surface area contributed by atoms with Gasteiger partial charge < -0.3 is 5.32 Å². The van der Waals surface area contributed by atoms with Gasteiger partial charge in [0.15, 0.2) is 0 Å². The first-order valence-corrected chi connectivity index (χ1v) is 6.96. The lowest BCUT2D eigenvalue weighted by molar-refractivity contribution is -0.129. The van der Waals surface area contributed by atoms with E-state index in [1.807, 2.05) is 12.3 Å². The normalized spacial score (nSPS) is 30.4. The number of carbonyl (C=O) groups is 1. The Balaban J connectivity index is 1.90. The molecule has 3 rings (SSSR count). The van der Waals surface area contributed by atoms with Crippen molar-refractivity contribution in [3.05, 3.63) is 29.6 Å². The summed E-state index contributed by atoms with van der Waals surface area (Å²) in [5.74, 6) is 0.466. The van der Waals surface area contributed by atoms with Crippen molar-refractivity contribution in [1.29, 1.82) is 0 Å². The van der Waals surface area contributed by atoms with Crippen molar-refractivity contribution >= 4 is 5.78 Å². The summed E-state index contributed by atoms with van der Waals surface area (Å²) in [6.07, 6.45) is 5.70. The van der Waals surface area contributed by atoms with E-state index in [1.165, 1.54) is 5.56 Å². The number of aryl methyl sites for hydroxylation is 1. The molecule has 1 aromatic rings. The monoisotopic (exact) mass is 244 g/mol. The molecule has 1 fully saturated rings. The van der Waals surface area contributed by atoms with Gasteiger partial charge >= 0.3 is 0 Å². The van der Waals surface area contributed by atoms with Crippen molar-refractivity contribution < 1.29 is 4.79 Å². The topological polar surface area (TPSA) is 42.0 Å². The second kappa shape index (κ2) is 4.47. The smallest absolute Gasteiger partial charge is 0.149 e. The number of ketones is 1. The SMILES string of the molecule is CCC1(C(=O)C2CCc3cccnc32)CCNC1. The van der Waals surface area contributed by atoms with Gasteiger partial charge in [-0.1, -0.05) is 13.0 Å². The van der Waals surface area contributed by atoms with E-state index in [0.717, 1.165) is 44.5 Å². The van der Waals surface area contributed by atoms with Gasteiger partial charge in [-0.05, 0) is 43.9 Å². The van der Waals surface area contributed by atoms with Gasteiger partial charge in [0.05, 0.1) is 11.6 Å². The molecule has 1 N–H and O–H groups in total. The fourth-order valence-corrected chi connectivity index (χ4v) is 3.47. The molecular formula is C15H20N2O. The predicted octanol–water partition coefficient (Wildman–Crippen LogP) is 2.07. The fourth-order valence-electron chi connectivity index (χ4n) is 3.47. The lowest BCUT2D eigenvalue weighted by Crippen LogP contribution is -2.36. The summed E-state index contributed by atoms with van der Waals surface area (Å²) in [5, 5.41) is 3.35.